The van der Waals surface area contributed by atoms with Crippen LogP contribution in [-0.2, 0) is 9.59 Å². The number of aryl methyl sites for hydroxylation is 1. The molecule has 1 aliphatic rings. The van der Waals surface area contributed by atoms with Crippen LogP contribution in [0.5, 0.6) is 11.5 Å². The van der Waals surface area contributed by atoms with Gasteiger partial charge < -0.3 is 14.6 Å². The van der Waals surface area contributed by atoms with Crippen LogP contribution in [0.4, 0.5) is 5.69 Å². The highest BCUT2D eigenvalue weighted by Crippen LogP contribution is 2.42. The van der Waals surface area contributed by atoms with Crippen molar-refractivity contribution in [2.75, 3.05) is 12.0 Å². The number of aliphatic hydroxyl groups excluding tert-OH is 1. The van der Waals surface area contributed by atoms with Crippen LogP contribution in [0.2, 0.25) is 0 Å². The molecule has 0 aliphatic carbocycles. The monoisotopic (exact) mass is 458 g/mol. The molecule has 2 heterocycles. The standard InChI is InChI=1S/C27H26N2O5/c1-16(2)34-22-12-11-18(14-17(22)3)25(30)23-24(21-10-5-6-13-28-21)29(27(32)26(23)31)19-8-7-9-20(15-19)33-4/h5-16,24,30H,1-4H3/b25-23-. The van der Waals surface area contributed by atoms with Gasteiger partial charge in [-0.1, -0.05) is 12.1 Å². The normalized spacial score (nSPS) is 17.3. The first-order valence-corrected chi connectivity index (χ1v) is 11.0. The number of nitrogens with zero attached hydrogens (tertiary/aromatic N) is 2. The largest absolute Gasteiger partial charge is 0.507 e. The second-order valence-electron chi connectivity index (χ2n) is 8.27. The van der Waals surface area contributed by atoms with Gasteiger partial charge in [0.05, 0.1) is 24.5 Å². The molecule has 1 fully saturated rings. The summed E-state index contributed by atoms with van der Waals surface area (Å²) in [4.78, 5) is 32.2. The molecule has 1 N–H and O–H groups in total. The predicted molar refractivity (Wildman–Crippen MR) is 129 cm³/mol. The molecule has 7 nitrogen and oxygen atoms in total. The van der Waals surface area contributed by atoms with Crippen LogP contribution in [0, 0.1) is 6.92 Å². The number of aromatic nitrogens is 1. The van der Waals surface area contributed by atoms with E-state index in [1.54, 1.807) is 66.9 Å². The first kappa shape index (κ1) is 23.0. The summed E-state index contributed by atoms with van der Waals surface area (Å²) in [5.41, 5.74) is 2.12. The van der Waals surface area contributed by atoms with Crippen molar-refractivity contribution in [3.8, 4) is 11.5 Å². The highest BCUT2D eigenvalue weighted by atomic mass is 16.5. The lowest BCUT2D eigenvalue weighted by atomic mass is 9.97. The lowest BCUT2D eigenvalue weighted by Crippen LogP contribution is -2.29. The van der Waals surface area contributed by atoms with Crippen molar-refractivity contribution in [1.82, 2.24) is 4.98 Å². The topological polar surface area (TPSA) is 89.0 Å². The molecule has 1 aliphatic heterocycles. The molecule has 1 aromatic heterocycles. The molecule has 1 saturated heterocycles. The zero-order chi connectivity index (χ0) is 24.4. The number of hydrogen-bond acceptors (Lipinski definition) is 6. The fourth-order valence-electron chi connectivity index (χ4n) is 4.02. The highest BCUT2D eigenvalue weighted by Gasteiger charge is 2.47. The number of carbonyl (C=O) groups is 2. The van der Waals surface area contributed by atoms with E-state index < -0.39 is 17.7 Å². The van der Waals surface area contributed by atoms with Crippen LogP contribution >= 0.6 is 0 Å². The third kappa shape index (κ3) is 4.24. The van der Waals surface area contributed by atoms with Crippen molar-refractivity contribution in [2.45, 2.75) is 32.9 Å². The van der Waals surface area contributed by atoms with Crippen LogP contribution < -0.4 is 14.4 Å². The van der Waals surface area contributed by atoms with Crippen molar-refractivity contribution >= 4 is 23.1 Å². The Balaban J connectivity index is 1.88. The Morgan fingerprint density at radius 3 is 2.50 bits per heavy atom. The average Bonchev–Trinajstić information content (AvgIpc) is 3.10. The van der Waals surface area contributed by atoms with Crippen LogP contribution in [0.15, 0.2) is 72.4 Å². The van der Waals surface area contributed by atoms with E-state index in [-0.39, 0.29) is 17.4 Å². The molecular formula is C27H26N2O5. The molecule has 7 heteroatoms. The van der Waals surface area contributed by atoms with Gasteiger partial charge in [-0.05, 0) is 68.8 Å². The number of anilines is 1. The van der Waals surface area contributed by atoms with Crippen LogP contribution in [0.25, 0.3) is 5.76 Å². The Morgan fingerprint density at radius 1 is 1.06 bits per heavy atom. The number of rotatable bonds is 6. The molecule has 0 radical (unpaired) electrons. The molecule has 2 aromatic carbocycles. The number of methoxy groups -OCH3 is 1. The highest BCUT2D eigenvalue weighted by molar-refractivity contribution is 6.51. The number of carbonyl (C=O) groups excluding carboxylic acids is 2. The SMILES string of the molecule is COc1cccc(N2C(=O)C(=O)/C(=C(\O)c3ccc(OC(C)C)c(C)c3)C2c2ccccn2)c1. The van der Waals surface area contributed by atoms with E-state index in [0.29, 0.717) is 28.4 Å². The lowest BCUT2D eigenvalue weighted by Gasteiger charge is -2.25. The average molecular weight is 459 g/mol. The van der Waals surface area contributed by atoms with Crippen molar-refractivity contribution in [2.24, 2.45) is 0 Å². The number of pyridine rings is 1. The number of aliphatic hydroxyl groups is 1. The summed E-state index contributed by atoms with van der Waals surface area (Å²) in [7, 11) is 1.53. The molecule has 1 atom stereocenters. The maximum atomic E-state index is 13.2. The molecule has 1 amide bonds. The Labute approximate surface area is 198 Å². The molecular weight excluding hydrogens is 432 g/mol. The van der Waals surface area contributed by atoms with Gasteiger partial charge in [-0.3, -0.25) is 19.5 Å². The van der Waals surface area contributed by atoms with Crippen LogP contribution in [0.1, 0.15) is 36.7 Å². The Kier molecular flexibility index (Phi) is 6.36. The smallest absolute Gasteiger partial charge is 0.300 e. The summed E-state index contributed by atoms with van der Waals surface area (Å²) in [6.07, 6.45) is 1.58. The Hall–Kier alpha value is -4.13. The first-order valence-electron chi connectivity index (χ1n) is 11.0. The molecule has 0 bridgehead atoms. The number of hydrogen-bond donors (Lipinski definition) is 1. The Morgan fingerprint density at radius 2 is 1.85 bits per heavy atom. The minimum absolute atomic E-state index is 0.00418. The minimum atomic E-state index is -0.903. The quantitative estimate of drug-likeness (QED) is 0.324. The summed E-state index contributed by atoms with van der Waals surface area (Å²) in [6, 6.07) is 16.4. The van der Waals surface area contributed by atoms with Gasteiger partial charge in [0, 0.05) is 23.5 Å². The summed E-state index contributed by atoms with van der Waals surface area (Å²) in [6.45, 7) is 5.72. The van der Waals surface area contributed by atoms with E-state index in [1.807, 2.05) is 20.8 Å². The number of ketones is 1. The number of Topliss-reactive ketones (excluding diaryl/α,β-unsaturated/α-hetero) is 1. The van der Waals surface area contributed by atoms with Crippen molar-refractivity contribution in [3.63, 3.8) is 0 Å². The van der Waals surface area contributed by atoms with Gasteiger partial charge in [-0.15, -0.1) is 0 Å². The predicted octanol–water partition coefficient (Wildman–Crippen LogP) is 4.81. The van der Waals surface area contributed by atoms with E-state index >= 15 is 0 Å². The Bertz CT molecular complexity index is 1270. The van der Waals surface area contributed by atoms with E-state index in [2.05, 4.69) is 4.98 Å². The zero-order valence-electron chi connectivity index (χ0n) is 19.5. The molecule has 34 heavy (non-hydrogen) atoms. The fraction of sp³-hybridized carbons (Fsp3) is 0.222. The summed E-state index contributed by atoms with van der Waals surface area (Å²) >= 11 is 0. The van der Waals surface area contributed by atoms with Crippen LogP contribution in [0.3, 0.4) is 0 Å². The van der Waals surface area contributed by atoms with E-state index in [4.69, 9.17) is 9.47 Å². The zero-order valence-corrected chi connectivity index (χ0v) is 19.5. The maximum absolute atomic E-state index is 13.2. The molecule has 4 rings (SSSR count). The van der Waals surface area contributed by atoms with Gasteiger partial charge in [0.2, 0.25) is 0 Å². The van der Waals surface area contributed by atoms with Gasteiger partial charge in [-0.2, -0.15) is 0 Å². The molecule has 174 valence electrons. The van der Waals surface area contributed by atoms with Gasteiger partial charge in [0.25, 0.3) is 11.7 Å². The minimum Gasteiger partial charge on any atom is -0.507 e. The second kappa shape index (κ2) is 9.39. The van der Waals surface area contributed by atoms with Gasteiger partial charge in [-0.25, -0.2) is 0 Å². The number of benzene rings is 2. The first-order chi connectivity index (χ1) is 16.3. The van der Waals surface area contributed by atoms with Crippen molar-refractivity contribution in [3.05, 3.63) is 89.3 Å². The van der Waals surface area contributed by atoms with Crippen molar-refractivity contribution < 1.29 is 24.2 Å². The second-order valence-corrected chi connectivity index (χ2v) is 8.27. The fourth-order valence-corrected chi connectivity index (χ4v) is 4.02. The van der Waals surface area contributed by atoms with Crippen molar-refractivity contribution in [1.29, 1.82) is 0 Å². The molecule has 0 saturated carbocycles. The third-order valence-corrected chi connectivity index (χ3v) is 5.55. The molecule has 3 aromatic rings. The summed E-state index contributed by atoms with van der Waals surface area (Å²) in [5.74, 6) is -0.572. The molecule has 0 spiro atoms. The van der Waals surface area contributed by atoms with E-state index in [1.165, 1.54) is 12.0 Å². The van der Waals surface area contributed by atoms with Gasteiger partial charge >= 0.3 is 0 Å². The van der Waals surface area contributed by atoms with E-state index in [9.17, 15) is 14.7 Å². The molecule has 1 unspecified atom stereocenters. The number of amides is 1. The summed E-state index contributed by atoms with van der Waals surface area (Å²) in [5, 5.41) is 11.3. The third-order valence-electron chi connectivity index (χ3n) is 5.55. The number of ether oxygens (including phenoxy) is 2. The maximum Gasteiger partial charge on any atom is 0.300 e. The van der Waals surface area contributed by atoms with Gasteiger partial charge in [0.15, 0.2) is 0 Å². The van der Waals surface area contributed by atoms with Gasteiger partial charge in [0.1, 0.15) is 23.3 Å². The van der Waals surface area contributed by atoms with E-state index in [0.717, 1.165) is 5.56 Å². The summed E-state index contributed by atoms with van der Waals surface area (Å²) < 4.78 is 11.1. The lowest BCUT2D eigenvalue weighted by molar-refractivity contribution is -0.132. The van der Waals surface area contributed by atoms with Crippen LogP contribution in [-0.4, -0.2) is 35.0 Å².